The molecule has 0 aromatic heterocycles. The summed E-state index contributed by atoms with van der Waals surface area (Å²) in [6, 6.07) is 29.9. The number of para-hydroxylation sites is 1. The summed E-state index contributed by atoms with van der Waals surface area (Å²) >= 11 is 6.01. The van der Waals surface area contributed by atoms with E-state index < -0.39 is 18.1 Å². The van der Waals surface area contributed by atoms with Crippen molar-refractivity contribution < 1.29 is 14.4 Å². The summed E-state index contributed by atoms with van der Waals surface area (Å²) in [6.45, 7) is 0. The van der Waals surface area contributed by atoms with Gasteiger partial charge >= 0.3 is 0 Å². The molecule has 4 aromatic carbocycles. The number of rotatable bonds is 3. The number of hydroxylamine groups is 1. The van der Waals surface area contributed by atoms with Gasteiger partial charge in [0.1, 0.15) is 5.92 Å². The number of hydrogen-bond acceptors (Lipinski definition) is 4. The molecule has 6 heteroatoms. The van der Waals surface area contributed by atoms with Crippen molar-refractivity contribution in [3.63, 3.8) is 0 Å². The highest BCUT2D eigenvalue weighted by atomic mass is 35.5. The molecule has 6 rings (SSSR count). The van der Waals surface area contributed by atoms with Crippen molar-refractivity contribution in [2.75, 3.05) is 9.96 Å². The first-order chi connectivity index (χ1) is 16.1. The zero-order valence-corrected chi connectivity index (χ0v) is 18.2. The van der Waals surface area contributed by atoms with E-state index in [0.717, 1.165) is 22.0 Å². The van der Waals surface area contributed by atoms with Gasteiger partial charge in [0.15, 0.2) is 6.10 Å². The quantitative estimate of drug-likeness (QED) is 0.381. The van der Waals surface area contributed by atoms with Crippen molar-refractivity contribution in [1.29, 1.82) is 0 Å². The summed E-state index contributed by atoms with van der Waals surface area (Å²) < 4.78 is 0. The molecule has 2 saturated heterocycles. The molecular formula is C27H19ClN2O3. The number of imide groups is 1. The van der Waals surface area contributed by atoms with Crippen LogP contribution in [0.2, 0.25) is 5.02 Å². The van der Waals surface area contributed by atoms with Crippen molar-refractivity contribution in [3.05, 3.63) is 108 Å². The molecule has 0 unspecified atom stereocenters. The zero-order valence-electron chi connectivity index (χ0n) is 17.5. The molecule has 2 aliphatic rings. The maximum Gasteiger partial charge on any atom is 0.266 e. The van der Waals surface area contributed by atoms with Crippen molar-refractivity contribution in [2.45, 2.75) is 12.1 Å². The van der Waals surface area contributed by atoms with Crippen LogP contribution in [0, 0.1) is 5.92 Å². The molecule has 3 atom stereocenters. The normalized spacial score (nSPS) is 22.3. The Bertz CT molecular complexity index is 1370. The predicted molar refractivity (Wildman–Crippen MR) is 128 cm³/mol. The van der Waals surface area contributed by atoms with Crippen molar-refractivity contribution in [1.82, 2.24) is 0 Å². The second-order valence-electron chi connectivity index (χ2n) is 8.21. The summed E-state index contributed by atoms with van der Waals surface area (Å²) in [6.07, 6.45) is -0.905. The minimum absolute atomic E-state index is 0.274. The summed E-state index contributed by atoms with van der Waals surface area (Å²) in [5.74, 6) is -1.32. The zero-order chi connectivity index (χ0) is 22.5. The Morgan fingerprint density at radius 2 is 1.39 bits per heavy atom. The molecule has 4 aromatic rings. The third-order valence-corrected chi connectivity index (χ3v) is 6.60. The van der Waals surface area contributed by atoms with E-state index in [1.54, 1.807) is 29.3 Å². The summed E-state index contributed by atoms with van der Waals surface area (Å²) in [4.78, 5) is 34.6. The largest absolute Gasteiger partial charge is 0.273 e. The molecule has 0 bridgehead atoms. The highest BCUT2D eigenvalue weighted by Crippen LogP contribution is 2.48. The van der Waals surface area contributed by atoms with Crippen LogP contribution in [0.25, 0.3) is 10.8 Å². The maximum atomic E-state index is 13.7. The Kier molecular flexibility index (Phi) is 4.68. The van der Waals surface area contributed by atoms with Gasteiger partial charge in [0.25, 0.3) is 5.91 Å². The predicted octanol–water partition coefficient (Wildman–Crippen LogP) is 5.54. The van der Waals surface area contributed by atoms with Gasteiger partial charge in [0.2, 0.25) is 5.91 Å². The molecule has 2 amide bonds. The first kappa shape index (κ1) is 20.0. The fourth-order valence-electron chi connectivity index (χ4n) is 4.88. The Balaban J connectivity index is 1.50. The highest BCUT2D eigenvalue weighted by Gasteiger charge is 2.60. The molecule has 0 N–H and O–H groups in total. The van der Waals surface area contributed by atoms with E-state index >= 15 is 0 Å². The van der Waals surface area contributed by atoms with Crippen LogP contribution in [0.4, 0.5) is 11.4 Å². The Morgan fingerprint density at radius 1 is 0.697 bits per heavy atom. The van der Waals surface area contributed by atoms with Crippen LogP contribution in [0.1, 0.15) is 11.6 Å². The lowest BCUT2D eigenvalue weighted by Crippen LogP contribution is -2.37. The average molecular weight is 455 g/mol. The van der Waals surface area contributed by atoms with E-state index in [4.69, 9.17) is 16.4 Å². The molecule has 2 heterocycles. The lowest BCUT2D eigenvalue weighted by molar-refractivity contribution is -0.126. The van der Waals surface area contributed by atoms with E-state index in [0.29, 0.717) is 10.7 Å². The number of hydrogen-bond donors (Lipinski definition) is 0. The Labute approximate surface area is 195 Å². The SMILES string of the molecule is O=C1[C@H]2[C@@H](ON(c3ccccc3)[C@H]2c2cccc3ccccc23)C(=O)N1c1ccc(Cl)cc1. The van der Waals surface area contributed by atoms with Crippen LogP contribution in [-0.4, -0.2) is 17.9 Å². The molecule has 0 saturated carbocycles. The maximum absolute atomic E-state index is 13.7. The van der Waals surface area contributed by atoms with Crippen molar-refractivity contribution >= 4 is 45.6 Å². The second kappa shape index (κ2) is 7.73. The number of carbonyl (C=O) groups excluding carboxylic acids is 2. The molecular weight excluding hydrogens is 436 g/mol. The molecule has 2 aliphatic heterocycles. The van der Waals surface area contributed by atoms with Gasteiger partial charge in [0.05, 0.1) is 17.4 Å². The first-order valence-corrected chi connectivity index (χ1v) is 11.1. The number of amides is 2. The molecule has 5 nitrogen and oxygen atoms in total. The molecule has 0 aliphatic carbocycles. The fourth-order valence-corrected chi connectivity index (χ4v) is 5.01. The fraction of sp³-hybridized carbons (Fsp3) is 0.111. The molecule has 2 fully saturated rings. The van der Waals surface area contributed by atoms with Crippen LogP contribution in [-0.2, 0) is 14.4 Å². The molecule has 0 radical (unpaired) electrons. The van der Waals surface area contributed by atoms with Crippen LogP contribution < -0.4 is 9.96 Å². The van der Waals surface area contributed by atoms with E-state index in [9.17, 15) is 9.59 Å². The lowest BCUT2D eigenvalue weighted by atomic mass is 9.87. The van der Waals surface area contributed by atoms with Gasteiger partial charge in [-0.15, -0.1) is 0 Å². The van der Waals surface area contributed by atoms with Gasteiger partial charge in [-0.05, 0) is 52.7 Å². The van der Waals surface area contributed by atoms with Crippen LogP contribution in [0.5, 0.6) is 0 Å². The average Bonchev–Trinajstić information content (AvgIpc) is 3.36. The Hall–Kier alpha value is -3.67. The lowest BCUT2D eigenvalue weighted by Gasteiger charge is -2.29. The van der Waals surface area contributed by atoms with Crippen LogP contribution in [0.15, 0.2) is 97.1 Å². The van der Waals surface area contributed by atoms with Gasteiger partial charge < -0.3 is 0 Å². The molecule has 162 valence electrons. The minimum atomic E-state index is -0.905. The van der Waals surface area contributed by atoms with E-state index in [1.807, 2.05) is 72.8 Å². The van der Waals surface area contributed by atoms with E-state index in [-0.39, 0.29) is 11.8 Å². The topological polar surface area (TPSA) is 49.9 Å². The highest BCUT2D eigenvalue weighted by molar-refractivity contribution is 6.31. The summed E-state index contributed by atoms with van der Waals surface area (Å²) in [5.41, 5.74) is 2.24. The van der Waals surface area contributed by atoms with Gasteiger partial charge in [-0.1, -0.05) is 72.3 Å². The van der Waals surface area contributed by atoms with E-state index in [1.165, 1.54) is 4.90 Å². The standard InChI is InChI=1S/C27H19ClN2O3/c28-18-13-15-19(16-14-18)29-26(31)23-24(22-12-6-8-17-7-4-5-11-21(17)22)30(33-25(23)27(29)32)20-9-2-1-3-10-20/h1-16,23-25H/t23-,24+,25-/m1/s1. The third kappa shape index (κ3) is 3.12. The smallest absolute Gasteiger partial charge is 0.266 e. The van der Waals surface area contributed by atoms with E-state index in [2.05, 4.69) is 0 Å². The molecule has 33 heavy (non-hydrogen) atoms. The van der Waals surface area contributed by atoms with Gasteiger partial charge in [0, 0.05) is 5.02 Å². The summed E-state index contributed by atoms with van der Waals surface area (Å²) in [5, 5.41) is 4.36. The first-order valence-electron chi connectivity index (χ1n) is 10.8. The van der Waals surface area contributed by atoms with Gasteiger partial charge in [-0.3, -0.25) is 14.4 Å². The number of carbonyl (C=O) groups is 2. The van der Waals surface area contributed by atoms with Crippen LogP contribution in [0.3, 0.4) is 0 Å². The second-order valence-corrected chi connectivity index (χ2v) is 8.65. The number of nitrogens with zero attached hydrogens (tertiary/aromatic N) is 2. The summed E-state index contributed by atoms with van der Waals surface area (Å²) in [7, 11) is 0. The minimum Gasteiger partial charge on any atom is -0.273 e. The van der Waals surface area contributed by atoms with Gasteiger partial charge in [-0.25, -0.2) is 9.96 Å². The monoisotopic (exact) mass is 454 g/mol. The number of halogens is 1. The number of benzene rings is 4. The Morgan fingerprint density at radius 3 is 2.18 bits per heavy atom. The van der Waals surface area contributed by atoms with Crippen molar-refractivity contribution in [3.8, 4) is 0 Å². The number of fused-ring (bicyclic) bond motifs is 2. The number of anilines is 2. The van der Waals surface area contributed by atoms with Gasteiger partial charge in [-0.2, -0.15) is 0 Å². The molecule has 0 spiro atoms. The third-order valence-electron chi connectivity index (χ3n) is 6.35. The van der Waals surface area contributed by atoms with Crippen molar-refractivity contribution in [2.24, 2.45) is 5.92 Å². The van der Waals surface area contributed by atoms with Crippen LogP contribution >= 0.6 is 11.6 Å².